The molecule has 57 heavy (non-hydrogen) atoms. The van der Waals surface area contributed by atoms with E-state index in [2.05, 4.69) is 190 Å². The Labute approximate surface area is 344 Å². The van der Waals surface area contributed by atoms with Crippen molar-refractivity contribution in [3.05, 3.63) is 215 Å². The smallest absolute Gasteiger partial charge is 0.0702 e. The molecule has 1 nitrogen and oxygen atoms in total. The van der Waals surface area contributed by atoms with Gasteiger partial charge in [-0.3, -0.25) is 4.98 Å². The summed E-state index contributed by atoms with van der Waals surface area (Å²) in [7, 11) is 0. The van der Waals surface area contributed by atoms with Crippen LogP contribution in [0, 0.1) is 27.7 Å². The van der Waals surface area contributed by atoms with Gasteiger partial charge in [-0.2, -0.15) is 0 Å². The van der Waals surface area contributed by atoms with Crippen LogP contribution in [0.3, 0.4) is 0 Å². The molecule has 0 unspecified atom stereocenters. The number of allylic oxidation sites excluding steroid dienone is 9. The van der Waals surface area contributed by atoms with E-state index in [1.165, 1.54) is 72.4 Å². The van der Waals surface area contributed by atoms with Crippen molar-refractivity contribution in [3.63, 3.8) is 0 Å². The lowest BCUT2D eigenvalue weighted by atomic mass is 9.93. The van der Waals surface area contributed by atoms with E-state index in [9.17, 15) is 0 Å². The maximum Gasteiger partial charge on any atom is 0.0702 e. The molecule has 0 bridgehead atoms. The van der Waals surface area contributed by atoms with E-state index < -0.39 is 0 Å². The monoisotopic (exact) mass is 747 g/mol. The summed E-state index contributed by atoms with van der Waals surface area (Å²) in [6, 6.07) is 45.1. The van der Waals surface area contributed by atoms with Crippen molar-refractivity contribution < 1.29 is 0 Å². The SMILES string of the molecule is C=C(/C=C\C=C/C)c1cc(-c2ccc(-c3cc(C)cc(C)c3)cc2)cc(-c2ccccn2)c1.CC(C)=C(C)c1ccccc1C.CC(C)=C(C)c1ccccc1C. The van der Waals surface area contributed by atoms with Crippen molar-refractivity contribution in [3.8, 4) is 33.5 Å². The van der Waals surface area contributed by atoms with Gasteiger partial charge in [0.1, 0.15) is 0 Å². The molecule has 0 fully saturated rings. The summed E-state index contributed by atoms with van der Waals surface area (Å²) >= 11 is 0. The largest absolute Gasteiger partial charge is 0.256 e. The highest BCUT2D eigenvalue weighted by Crippen LogP contribution is 2.32. The number of aromatic nitrogens is 1. The molecular weight excluding hydrogens is 687 g/mol. The maximum absolute atomic E-state index is 4.57. The van der Waals surface area contributed by atoms with Gasteiger partial charge in [0.15, 0.2) is 0 Å². The van der Waals surface area contributed by atoms with E-state index in [4.69, 9.17) is 0 Å². The molecule has 0 saturated heterocycles. The van der Waals surface area contributed by atoms with E-state index >= 15 is 0 Å². The fraction of sp³-hybridized carbons (Fsp3) is 0.196. The van der Waals surface area contributed by atoms with Crippen LogP contribution in [0.25, 0.3) is 50.2 Å². The van der Waals surface area contributed by atoms with Crippen molar-refractivity contribution in [1.29, 1.82) is 0 Å². The zero-order valence-electron chi connectivity index (χ0n) is 36.2. The molecule has 0 radical (unpaired) electrons. The van der Waals surface area contributed by atoms with Crippen LogP contribution in [0.4, 0.5) is 0 Å². The van der Waals surface area contributed by atoms with Crippen molar-refractivity contribution in [1.82, 2.24) is 4.98 Å². The van der Waals surface area contributed by atoms with Crippen LogP contribution in [0.5, 0.6) is 0 Å². The number of benzene rings is 5. The molecule has 0 spiro atoms. The molecular formula is C56H61N. The molecule has 0 aliphatic heterocycles. The number of rotatable bonds is 8. The molecule has 0 amide bonds. The van der Waals surface area contributed by atoms with Gasteiger partial charge in [-0.25, -0.2) is 0 Å². The third-order valence-electron chi connectivity index (χ3n) is 10.2. The first kappa shape index (κ1) is 43.7. The molecule has 0 atom stereocenters. The fourth-order valence-electron chi connectivity index (χ4n) is 6.56. The van der Waals surface area contributed by atoms with Crippen LogP contribution in [-0.2, 0) is 0 Å². The first-order chi connectivity index (χ1) is 27.3. The van der Waals surface area contributed by atoms with Gasteiger partial charge in [-0.1, -0.05) is 150 Å². The topological polar surface area (TPSA) is 12.9 Å². The molecule has 0 aliphatic carbocycles. The van der Waals surface area contributed by atoms with Gasteiger partial charge in [0, 0.05) is 11.8 Å². The van der Waals surface area contributed by atoms with Crippen molar-refractivity contribution in [2.24, 2.45) is 0 Å². The Morgan fingerprint density at radius 1 is 0.491 bits per heavy atom. The van der Waals surface area contributed by atoms with Crippen molar-refractivity contribution in [2.45, 2.75) is 76.2 Å². The van der Waals surface area contributed by atoms with Gasteiger partial charge in [-0.05, 0) is 173 Å². The Morgan fingerprint density at radius 2 is 0.965 bits per heavy atom. The second-order valence-electron chi connectivity index (χ2n) is 15.3. The molecule has 0 saturated carbocycles. The minimum Gasteiger partial charge on any atom is -0.256 e. The molecule has 0 aliphatic rings. The van der Waals surface area contributed by atoms with Crippen molar-refractivity contribution >= 4 is 16.7 Å². The quantitative estimate of drug-likeness (QED) is 0.141. The fourth-order valence-corrected chi connectivity index (χ4v) is 6.56. The molecule has 0 N–H and O–H groups in total. The molecule has 6 rings (SSSR count). The average Bonchev–Trinajstić information content (AvgIpc) is 3.21. The summed E-state index contributed by atoms with van der Waals surface area (Å²) in [5, 5.41) is 0. The number of aryl methyl sites for hydroxylation is 4. The zero-order chi connectivity index (χ0) is 41.5. The molecule has 1 heteroatoms. The van der Waals surface area contributed by atoms with Crippen LogP contribution in [-0.4, -0.2) is 4.98 Å². The Morgan fingerprint density at radius 3 is 1.42 bits per heavy atom. The first-order valence-electron chi connectivity index (χ1n) is 19.9. The van der Waals surface area contributed by atoms with Gasteiger partial charge in [0.05, 0.1) is 5.69 Å². The summed E-state index contributed by atoms with van der Waals surface area (Å²) < 4.78 is 0. The summed E-state index contributed by atoms with van der Waals surface area (Å²) in [6.07, 6.45) is 9.93. The lowest BCUT2D eigenvalue weighted by Gasteiger charge is -2.12. The summed E-state index contributed by atoms with van der Waals surface area (Å²) in [4.78, 5) is 4.57. The lowest BCUT2D eigenvalue weighted by molar-refractivity contribution is 1.32. The number of pyridine rings is 1. The second kappa shape index (κ2) is 21.3. The van der Waals surface area contributed by atoms with Crippen LogP contribution in [0.2, 0.25) is 0 Å². The number of nitrogens with zero attached hydrogens (tertiary/aromatic N) is 1. The highest BCUT2D eigenvalue weighted by Gasteiger charge is 2.09. The Kier molecular flexibility index (Phi) is 16.3. The van der Waals surface area contributed by atoms with E-state index in [0.717, 1.165) is 28.0 Å². The summed E-state index contributed by atoms with van der Waals surface area (Å²) in [5.41, 5.74) is 22.5. The predicted molar refractivity (Wildman–Crippen MR) is 253 cm³/mol. The first-order valence-corrected chi connectivity index (χ1v) is 19.9. The zero-order valence-corrected chi connectivity index (χ0v) is 36.2. The Hall–Kier alpha value is -6.05. The van der Waals surface area contributed by atoms with Crippen LogP contribution < -0.4 is 0 Å². The Balaban J connectivity index is 0.000000244. The van der Waals surface area contributed by atoms with E-state index in [1.807, 2.05) is 55.6 Å². The van der Waals surface area contributed by atoms with Gasteiger partial charge in [-0.15, -0.1) is 0 Å². The Bertz CT molecular complexity index is 2300. The minimum absolute atomic E-state index is 0.956. The van der Waals surface area contributed by atoms with Crippen LogP contribution in [0.1, 0.15) is 87.4 Å². The van der Waals surface area contributed by atoms with E-state index in [-0.39, 0.29) is 0 Å². The normalized spacial score (nSPS) is 10.6. The van der Waals surface area contributed by atoms with E-state index in [0.29, 0.717) is 0 Å². The van der Waals surface area contributed by atoms with Gasteiger partial charge in [0.2, 0.25) is 0 Å². The molecule has 1 heterocycles. The van der Waals surface area contributed by atoms with Gasteiger partial charge >= 0.3 is 0 Å². The molecule has 1 aromatic heterocycles. The lowest BCUT2D eigenvalue weighted by Crippen LogP contribution is -1.89. The minimum atomic E-state index is 0.956. The third kappa shape index (κ3) is 12.7. The highest BCUT2D eigenvalue weighted by atomic mass is 14.7. The molecule has 5 aromatic carbocycles. The van der Waals surface area contributed by atoms with Crippen LogP contribution >= 0.6 is 0 Å². The summed E-state index contributed by atoms with van der Waals surface area (Å²) in [5.74, 6) is 0. The second-order valence-corrected chi connectivity index (χ2v) is 15.3. The highest BCUT2D eigenvalue weighted by molar-refractivity contribution is 5.82. The number of hydrogen-bond acceptors (Lipinski definition) is 1. The standard InChI is InChI=1S/C32H29N.2C12H16/c1-5-6-7-10-25(4)28-20-30(22-31(21-28)32-11-8-9-16-33-32)27-14-12-26(13-15-27)29-18-23(2)17-24(3)19-29;2*1-9(2)11(4)12-8-6-5-7-10(12)3/h5-22H,4H2,1-3H3;2*5-8H,1-4H3/b6-5-,10-7-;;. The van der Waals surface area contributed by atoms with Gasteiger partial charge < -0.3 is 0 Å². The van der Waals surface area contributed by atoms with Crippen molar-refractivity contribution in [2.75, 3.05) is 0 Å². The molecule has 290 valence electrons. The summed E-state index contributed by atoms with van der Waals surface area (Å²) in [6.45, 7) is 27.9. The third-order valence-corrected chi connectivity index (χ3v) is 10.2. The average molecular weight is 748 g/mol. The molecule has 6 aromatic rings. The van der Waals surface area contributed by atoms with Crippen LogP contribution in [0.15, 0.2) is 176 Å². The maximum atomic E-state index is 4.57. The van der Waals surface area contributed by atoms with Gasteiger partial charge in [0.25, 0.3) is 0 Å². The predicted octanol–water partition coefficient (Wildman–Crippen LogP) is 16.5. The van der Waals surface area contributed by atoms with E-state index in [1.54, 1.807) is 0 Å². The number of hydrogen-bond donors (Lipinski definition) is 0.